The average molecular weight is 341 g/mol. The van der Waals surface area contributed by atoms with E-state index in [1.54, 1.807) is 0 Å². The van der Waals surface area contributed by atoms with Crippen LogP contribution in [-0.4, -0.2) is 42.6 Å². The van der Waals surface area contributed by atoms with Crippen LogP contribution in [0.15, 0.2) is 6.07 Å². The van der Waals surface area contributed by atoms with Gasteiger partial charge < -0.3 is 18.9 Å². The van der Waals surface area contributed by atoms with Gasteiger partial charge >= 0.3 is 5.97 Å². The smallest absolute Gasteiger partial charge is 0.315 e. The summed E-state index contributed by atoms with van der Waals surface area (Å²) in [5.41, 5.74) is -0.645. The molecule has 1 aromatic heterocycles. The monoisotopic (exact) mass is 341 g/mol. The highest BCUT2D eigenvalue weighted by Gasteiger charge is 2.51. The summed E-state index contributed by atoms with van der Waals surface area (Å²) in [5, 5.41) is 0. The maximum atomic E-state index is 12.5. The summed E-state index contributed by atoms with van der Waals surface area (Å²) in [6.45, 7) is 5.70. The molecular formula is C16H23NO5S. The van der Waals surface area contributed by atoms with Crippen molar-refractivity contribution in [2.75, 3.05) is 26.4 Å². The van der Waals surface area contributed by atoms with E-state index < -0.39 is 11.2 Å². The number of rotatable bonds is 5. The lowest BCUT2D eigenvalue weighted by Gasteiger charge is -2.41. The highest BCUT2D eigenvalue weighted by molar-refractivity contribution is 7.05. The van der Waals surface area contributed by atoms with Crippen molar-refractivity contribution in [3.05, 3.63) is 10.9 Å². The van der Waals surface area contributed by atoms with Crippen molar-refractivity contribution in [2.24, 2.45) is 5.41 Å². The van der Waals surface area contributed by atoms with E-state index in [-0.39, 0.29) is 12.6 Å². The topological polar surface area (TPSA) is 66.9 Å². The largest absolute Gasteiger partial charge is 0.476 e. The summed E-state index contributed by atoms with van der Waals surface area (Å²) in [6, 6.07) is 1.89. The van der Waals surface area contributed by atoms with Crippen molar-refractivity contribution < 1.29 is 23.7 Å². The number of esters is 1. The average Bonchev–Trinajstić information content (AvgIpc) is 3.17. The van der Waals surface area contributed by atoms with E-state index in [4.69, 9.17) is 18.9 Å². The highest BCUT2D eigenvalue weighted by Crippen LogP contribution is 2.45. The van der Waals surface area contributed by atoms with Crippen molar-refractivity contribution in [3.63, 3.8) is 0 Å². The van der Waals surface area contributed by atoms with E-state index in [1.165, 1.54) is 11.5 Å². The van der Waals surface area contributed by atoms with Crippen LogP contribution in [0.1, 0.15) is 37.5 Å². The maximum absolute atomic E-state index is 12.5. The summed E-state index contributed by atoms with van der Waals surface area (Å²) in [7, 11) is 0. The first-order valence-corrected chi connectivity index (χ1v) is 8.86. The number of hydrogen-bond acceptors (Lipinski definition) is 7. The van der Waals surface area contributed by atoms with Crippen molar-refractivity contribution in [1.82, 2.24) is 4.37 Å². The molecule has 0 N–H and O–H groups in total. The molecule has 1 spiro atoms. The lowest BCUT2D eigenvalue weighted by atomic mass is 9.72. The van der Waals surface area contributed by atoms with Crippen LogP contribution in [0, 0.1) is 12.3 Å². The van der Waals surface area contributed by atoms with Gasteiger partial charge in [0.05, 0.1) is 19.8 Å². The first-order valence-electron chi connectivity index (χ1n) is 8.09. The number of carbonyl (C=O) groups is 1. The molecule has 1 saturated carbocycles. The second kappa shape index (κ2) is 6.75. The van der Waals surface area contributed by atoms with Gasteiger partial charge in [0.1, 0.15) is 12.0 Å². The van der Waals surface area contributed by atoms with Crippen molar-refractivity contribution in [1.29, 1.82) is 0 Å². The Balaban J connectivity index is 1.69. The molecule has 1 aromatic rings. The van der Waals surface area contributed by atoms with Crippen molar-refractivity contribution >= 4 is 17.5 Å². The van der Waals surface area contributed by atoms with Crippen molar-refractivity contribution in [3.8, 4) is 5.88 Å². The quantitative estimate of drug-likeness (QED) is 0.767. The summed E-state index contributed by atoms with van der Waals surface area (Å²) in [4.78, 5) is 13.6. The van der Waals surface area contributed by atoms with E-state index in [2.05, 4.69) is 4.37 Å². The molecule has 0 unspecified atom stereocenters. The molecule has 2 aliphatic rings. The molecule has 1 aliphatic carbocycles. The number of aromatic nitrogens is 1. The van der Waals surface area contributed by atoms with Crippen LogP contribution >= 0.6 is 11.5 Å². The number of aryl methyl sites for hydroxylation is 1. The zero-order valence-electron chi connectivity index (χ0n) is 13.6. The molecule has 0 amide bonds. The van der Waals surface area contributed by atoms with Gasteiger partial charge in [0.2, 0.25) is 5.88 Å². The van der Waals surface area contributed by atoms with Crippen LogP contribution in [0.2, 0.25) is 0 Å². The molecule has 1 aliphatic heterocycles. The fraction of sp³-hybridized carbons (Fsp3) is 0.750. The second-order valence-corrected chi connectivity index (χ2v) is 7.18. The van der Waals surface area contributed by atoms with Gasteiger partial charge in [0, 0.05) is 23.8 Å². The Kier molecular flexibility index (Phi) is 4.89. The molecular weight excluding hydrogens is 318 g/mol. The number of ether oxygens (including phenoxy) is 4. The molecule has 6 nitrogen and oxygen atoms in total. The number of hydrogen-bond donors (Lipinski definition) is 0. The zero-order valence-corrected chi connectivity index (χ0v) is 14.4. The Morgan fingerprint density at radius 2 is 2.00 bits per heavy atom. The third kappa shape index (κ3) is 3.51. The summed E-state index contributed by atoms with van der Waals surface area (Å²) in [6.07, 6.45) is 2.64. The Hall–Kier alpha value is -1.18. The van der Waals surface area contributed by atoms with Crippen LogP contribution < -0.4 is 4.74 Å². The molecule has 0 atom stereocenters. The fourth-order valence-corrected chi connectivity index (χ4v) is 3.70. The van der Waals surface area contributed by atoms with Gasteiger partial charge in [-0.3, -0.25) is 4.79 Å². The van der Waals surface area contributed by atoms with Gasteiger partial charge in [-0.15, -0.1) is 0 Å². The molecule has 128 valence electrons. The lowest BCUT2D eigenvalue weighted by Crippen LogP contribution is -2.47. The van der Waals surface area contributed by atoms with E-state index in [9.17, 15) is 4.79 Å². The molecule has 1 saturated heterocycles. The molecule has 0 radical (unpaired) electrons. The predicted octanol–water partition coefficient (Wildman–Crippen LogP) is 2.70. The van der Waals surface area contributed by atoms with E-state index in [0.717, 1.165) is 4.88 Å². The first-order chi connectivity index (χ1) is 11.1. The zero-order chi connectivity index (χ0) is 16.3. The van der Waals surface area contributed by atoms with Crippen LogP contribution in [0.5, 0.6) is 5.88 Å². The second-order valence-electron chi connectivity index (χ2n) is 6.17. The molecule has 7 heteroatoms. The summed E-state index contributed by atoms with van der Waals surface area (Å²) in [5.74, 6) is -0.127. The van der Waals surface area contributed by atoms with Gasteiger partial charge in [-0.2, -0.15) is 4.37 Å². The minimum Gasteiger partial charge on any atom is -0.476 e. The minimum absolute atomic E-state index is 0.195. The van der Waals surface area contributed by atoms with Crippen LogP contribution in [-0.2, 0) is 19.0 Å². The predicted molar refractivity (Wildman–Crippen MR) is 84.5 cm³/mol. The Morgan fingerprint density at radius 1 is 1.30 bits per heavy atom. The summed E-state index contributed by atoms with van der Waals surface area (Å²) >= 11 is 1.39. The summed E-state index contributed by atoms with van der Waals surface area (Å²) < 4.78 is 26.9. The minimum atomic E-state index is -0.645. The van der Waals surface area contributed by atoms with Gasteiger partial charge in [-0.05, 0) is 38.2 Å². The lowest BCUT2D eigenvalue weighted by molar-refractivity contribution is -0.201. The highest BCUT2D eigenvalue weighted by atomic mass is 32.1. The van der Waals surface area contributed by atoms with Gasteiger partial charge in [-0.25, -0.2) is 0 Å². The SMILES string of the molecule is CCOC(=O)C1(COc2cc(C)sn2)CCC2(CC1)OCCO2. The molecule has 23 heavy (non-hydrogen) atoms. The fourth-order valence-electron chi connectivity index (χ4n) is 3.21. The first kappa shape index (κ1) is 16.7. The maximum Gasteiger partial charge on any atom is 0.315 e. The molecule has 0 bridgehead atoms. The molecule has 2 fully saturated rings. The Morgan fingerprint density at radius 3 is 2.57 bits per heavy atom. The Labute approximate surface area is 140 Å². The number of carbonyl (C=O) groups excluding carboxylic acids is 1. The van der Waals surface area contributed by atoms with E-state index in [0.29, 0.717) is 51.4 Å². The van der Waals surface area contributed by atoms with Gasteiger partial charge in [-0.1, -0.05) is 0 Å². The normalized spacial score (nSPS) is 22.2. The standard InChI is InChI=1S/C16H23NO5S/c1-3-19-14(18)15(11-20-13-10-12(2)23-17-13)4-6-16(7-5-15)21-8-9-22-16/h10H,3-9,11H2,1-2H3. The Bertz CT molecular complexity index is 542. The van der Waals surface area contributed by atoms with E-state index >= 15 is 0 Å². The third-order valence-electron chi connectivity index (χ3n) is 4.59. The van der Waals surface area contributed by atoms with Crippen LogP contribution in [0.25, 0.3) is 0 Å². The number of nitrogens with zero attached hydrogens (tertiary/aromatic N) is 1. The van der Waals surface area contributed by atoms with Gasteiger partial charge in [0.25, 0.3) is 0 Å². The van der Waals surface area contributed by atoms with Crippen LogP contribution in [0.3, 0.4) is 0 Å². The van der Waals surface area contributed by atoms with Crippen molar-refractivity contribution in [2.45, 2.75) is 45.3 Å². The van der Waals surface area contributed by atoms with E-state index in [1.807, 2.05) is 19.9 Å². The molecule has 0 aromatic carbocycles. The molecule has 3 rings (SSSR count). The molecule has 2 heterocycles. The van der Waals surface area contributed by atoms with Gasteiger partial charge in [0.15, 0.2) is 5.79 Å². The third-order valence-corrected chi connectivity index (χ3v) is 5.27. The van der Waals surface area contributed by atoms with Crippen LogP contribution in [0.4, 0.5) is 0 Å².